The van der Waals surface area contributed by atoms with Crippen molar-refractivity contribution in [2.75, 3.05) is 24.7 Å². The van der Waals surface area contributed by atoms with Crippen LogP contribution in [0.5, 0.6) is 0 Å². The summed E-state index contributed by atoms with van der Waals surface area (Å²) in [6, 6.07) is 4.66. The van der Waals surface area contributed by atoms with Crippen LogP contribution < -0.4 is 4.90 Å². The Hall–Kier alpha value is -2.58. The standard InChI is InChI=1S/C28H34N2O5S/c1-5-17(3)20(15-31)30-24-26(33)29(19-14-16(2)9-10-18(19)4)12-7-11-28(24)23(25(30)32)22-21(36-28)8-6-13-35-27(22)34/h6-11,14,17,20-24,31H,5,12-13,15H2,1-4H3/t17-,20-,21-,22+,23-,24?,28-/m0/s1. The van der Waals surface area contributed by atoms with Crippen molar-refractivity contribution in [3.8, 4) is 0 Å². The minimum Gasteiger partial charge on any atom is -0.461 e. The number of benzene rings is 1. The van der Waals surface area contributed by atoms with Gasteiger partial charge in [0.1, 0.15) is 12.6 Å². The maximum absolute atomic E-state index is 14.5. The van der Waals surface area contributed by atoms with E-state index in [1.165, 1.54) is 11.8 Å². The molecule has 0 aliphatic carbocycles. The molecule has 7 nitrogen and oxygen atoms in total. The molecule has 2 amide bonds. The van der Waals surface area contributed by atoms with E-state index in [0.29, 0.717) is 6.54 Å². The summed E-state index contributed by atoms with van der Waals surface area (Å²) >= 11 is 1.52. The number of carbonyl (C=O) groups is 3. The Bertz CT molecular complexity index is 1150. The predicted molar refractivity (Wildman–Crippen MR) is 140 cm³/mol. The number of aliphatic hydroxyl groups excluding tert-OH is 1. The molecule has 36 heavy (non-hydrogen) atoms. The van der Waals surface area contributed by atoms with Crippen molar-refractivity contribution >= 4 is 35.2 Å². The summed E-state index contributed by atoms with van der Waals surface area (Å²) in [6.07, 6.45) is 8.48. The molecule has 1 aromatic rings. The second-order valence-corrected chi connectivity index (χ2v) is 11.9. The van der Waals surface area contributed by atoms with Gasteiger partial charge in [-0.1, -0.05) is 56.7 Å². The minimum atomic E-state index is -0.919. The Morgan fingerprint density at radius 1 is 1.19 bits per heavy atom. The summed E-state index contributed by atoms with van der Waals surface area (Å²) < 4.78 is 4.52. The molecule has 0 radical (unpaired) electrons. The van der Waals surface area contributed by atoms with Crippen molar-refractivity contribution in [3.05, 3.63) is 53.6 Å². The van der Waals surface area contributed by atoms with Crippen LogP contribution in [0.1, 0.15) is 31.4 Å². The molecular formula is C28H34N2O5S. The normalized spacial score (nSPS) is 33.0. The molecule has 0 aromatic heterocycles. The highest BCUT2D eigenvalue weighted by Gasteiger charge is 2.72. The van der Waals surface area contributed by atoms with Gasteiger partial charge in [-0.3, -0.25) is 14.4 Å². The number of rotatable bonds is 5. The maximum atomic E-state index is 14.5. The molecule has 8 heteroatoms. The minimum absolute atomic E-state index is 0.0224. The number of nitrogens with zero attached hydrogens (tertiary/aromatic N) is 2. The number of hydrogen-bond acceptors (Lipinski definition) is 6. The van der Waals surface area contributed by atoms with Gasteiger partial charge in [0.15, 0.2) is 0 Å². The van der Waals surface area contributed by atoms with Gasteiger partial charge in [-0.05, 0) is 37.0 Å². The number of anilines is 1. The van der Waals surface area contributed by atoms with Gasteiger partial charge in [0.25, 0.3) is 5.91 Å². The van der Waals surface area contributed by atoms with Crippen molar-refractivity contribution < 1.29 is 24.2 Å². The highest BCUT2D eigenvalue weighted by molar-refractivity contribution is 8.02. The third-order valence-electron chi connectivity index (χ3n) is 8.35. The van der Waals surface area contributed by atoms with Crippen molar-refractivity contribution in [1.29, 1.82) is 0 Å². The number of amides is 2. The molecule has 192 valence electrons. The smallest absolute Gasteiger partial charge is 0.311 e. The van der Waals surface area contributed by atoms with Crippen LogP contribution in [0.15, 0.2) is 42.5 Å². The van der Waals surface area contributed by atoms with E-state index in [1.54, 1.807) is 9.80 Å². The fourth-order valence-corrected chi connectivity index (χ4v) is 8.29. The van der Waals surface area contributed by atoms with E-state index >= 15 is 0 Å². The van der Waals surface area contributed by atoms with Gasteiger partial charge in [0.05, 0.1) is 29.2 Å². The van der Waals surface area contributed by atoms with Gasteiger partial charge < -0.3 is 19.6 Å². The lowest BCUT2D eigenvalue weighted by molar-refractivity contribution is -0.152. The van der Waals surface area contributed by atoms with Gasteiger partial charge >= 0.3 is 5.97 Å². The Morgan fingerprint density at radius 2 is 1.97 bits per heavy atom. The summed E-state index contributed by atoms with van der Waals surface area (Å²) in [5, 5.41) is 10.2. The van der Waals surface area contributed by atoms with Crippen LogP contribution in [0.25, 0.3) is 0 Å². The third-order valence-corrected chi connectivity index (χ3v) is 10.1. The first-order chi connectivity index (χ1) is 17.2. The molecule has 4 aliphatic heterocycles. The van der Waals surface area contributed by atoms with Crippen LogP contribution in [-0.4, -0.2) is 69.6 Å². The monoisotopic (exact) mass is 510 g/mol. The van der Waals surface area contributed by atoms with Crippen LogP contribution in [0.4, 0.5) is 5.69 Å². The Kier molecular flexibility index (Phi) is 6.53. The zero-order valence-electron chi connectivity index (χ0n) is 21.2. The number of fused-ring (bicyclic) bond motifs is 2. The lowest BCUT2D eigenvalue weighted by Gasteiger charge is -2.40. The third kappa shape index (κ3) is 3.64. The Labute approximate surface area is 216 Å². The molecule has 0 saturated carbocycles. The molecule has 5 rings (SSSR count). The van der Waals surface area contributed by atoms with Crippen molar-refractivity contribution in [1.82, 2.24) is 4.90 Å². The fraction of sp³-hybridized carbons (Fsp3) is 0.536. The molecule has 0 bridgehead atoms. The second-order valence-electron chi connectivity index (χ2n) is 10.4. The second kappa shape index (κ2) is 9.38. The van der Waals surface area contributed by atoms with E-state index in [-0.39, 0.29) is 36.2 Å². The average molecular weight is 511 g/mol. The SMILES string of the molecule is CC[C@H](C)[C@H](CO)N1C(=O)[C@@H]2[C@@H]3C(=O)OCC=C[C@@H]3S[C@@]23C=CCN(c2cc(C)ccc2C)C(=O)C13. The Balaban J connectivity index is 1.68. The number of hydrogen-bond donors (Lipinski definition) is 1. The molecule has 4 aliphatic rings. The average Bonchev–Trinajstić information content (AvgIpc) is 3.16. The van der Waals surface area contributed by atoms with Gasteiger partial charge in [-0.2, -0.15) is 0 Å². The number of cyclic esters (lactones) is 1. The fourth-order valence-electron chi connectivity index (χ4n) is 6.31. The molecule has 1 aromatic carbocycles. The maximum Gasteiger partial charge on any atom is 0.311 e. The van der Waals surface area contributed by atoms with Gasteiger partial charge in [0.2, 0.25) is 5.91 Å². The van der Waals surface area contributed by atoms with E-state index in [9.17, 15) is 19.5 Å². The van der Waals surface area contributed by atoms with Gasteiger partial charge in [0, 0.05) is 17.5 Å². The van der Waals surface area contributed by atoms with E-state index in [0.717, 1.165) is 23.2 Å². The van der Waals surface area contributed by atoms with E-state index in [2.05, 4.69) is 0 Å². The zero-order chi connectivity index (χ0) is 25.8. The van der Waals surface area contributed by atoms with Crippen LogP contribution in [0.3, 0.4) is 0 Å². The van der Waals surface area contributed by atoms with Gasteiger partial charge in [-0.25, -0.2) is 0 Å². The lowest BCUT2D eigenvalue weighted by Crippen LogP contribution is -2.58. The van der Waals surface area contributed by atoms with E-state index in [4.69, 9.17) is 4.74 Å². The topological polar surface area (TPSA) is 87.2 Å². The summed E-state index contributed by atoms with van der Waals surface area (Å²) in [4.78, 5) is 45.3. The number of aryl methyl sites for hydroxylation is 2. The van der Waals surface area contributed by atoms with Crippen LogP contribution in [-0.2, 0) is 19.1 Å². The zero-order valence-corrected chi connectivity index (χ0v) is 22.0. The van der Waals surface area contributed by atoms with E-state index < -0.39 is 34.6 Å². The Morgan fingerprint density at radius 3 is 2.69 bits per heavy atom. The van der Waals surface area contributed by atoms with Crippen molar-refractivity contribution in [2.24, 2.45) is 17.8 Å². The molecular weight excluding hydrogens is 476 g/mol. The summed E-state index contributed by atoms with van der Waals surface area (Å²) in [5.41, 5.74) is 2.84. The highest BCUT2D eigenvalue weighted by atomic mass is 32.2. The molecule has 1 N–H and O–H groups in total. The molecule has 1 unspecified atom stereocenters. The number of aliphatic hydroxyl groups is 1. The lowest BCUT2D eigenvalue weighted by atomic mass is 9.78. The predicted octanol–water partition coefficient (Wildman–Crippen LogP) is 3.02. The highest BCUT2D eigenvalue weighted by Crippen LogP contribution is 2.61. The van der Waals surface area contributed by atoms with Gasteiger partial charge in [-0.15, -0.1) is 11.8 Å². The summed E-state index contributed by atoms with van der Waals surface area (Å²) in [7, 11) is 0. The quantitative estimate of drug-likeness (QED) is 0.484. The largest absolute Gasteiger partial charge is 0.461 e. The summed E-state index contributed by atoms with van der Waals surface area (Å²) in [5.74, 6) is -2.24. The van der Waals surface area contributed by atoms with Crippen LogP contribution in [0.2, 0.25) is 0 Å². The number of thioether (sulfide) groups is 1. The van der Waals surface area contributed by atoms with Crippen molar-refractivity contribution in [2.45, 2.75) is 56.2 Å². The molecule has 2 fully saturated rings. The summed E-state index contributed by atoms with van der Waals surface area (Å²) in [6.45, 7) is 8.30. The number of likely N-dealkylation sites (tertiary alicyclic amines) is 1. The number of carbonyl (C=O) groups excluding carboxylic acids is 3. The number of ether oxygens (including phenoxy) is 1. The molecule has 1 spiro atoms. The first-order valence-corrected chi connectivity index (χ1v) is 13.6. The van der Waals surface area contributed by atoms with Crippen molar-refractivity contribution in [3.63, 3.8) is 0 Å². The molecule has 7 atom stereocenters. The molecule has 2 saturated heterocycles. The van der Waals surface area contributed by atoms with Crippen LogP contribution >= 0.6 is 11.8 Å². The molecule has 4 heterocycles. The first kappa shape index (κ1) is 25.1. The first-order valence-electron chi connectivity index (χ1n) is 12.8. The van der Waals surface area contributed by atoms with Crippen LogP contribution in [0, 0.1) is 31.6 Å². The van der Waals surface area contributed by atoms with E-state index in [1.807, 2.05) is 70.2 Å². The number of esters is 1.